The van der Waals surface area contributed by atoms with Gasteiger partial charge >= 0.3 is 0 Å². The van der Waals surface area contributed by atoms with Crippen molar-refractivity contribution in [3.8, 4) is 5.75 Å². The van der Waals surface area contributed by atoms with Crippen LogP contribution in [0.15, 0.2) is 30.5 Å². The number of piperidine rings is 1. The predicted octanol–water partition coefficient (Wildman–Crippen LogP) is 4.22. The van der Waals surface area contributed by atoms with Crippen molar-refractivity contribution in [3.63, 3.8) is 0 Å². The van der Waals surface area contributed by atoms with E-state index in [0.29, 0.717) is 34.9 Å². The average Bonchev–Trinajstić information content (AvgIpc) is 2.84. The third-order valence-electron chi connectivity index (χ3n) is 6.52. The van der Waals surface area contributed by atoms with Crippen molar-refractivity contribution in [2.24, 2.45) is 0 Å². The molecule has 1 aliphatic carbocycles. The first-order chi connectivity index (χ1) is 15.6. The lowest BCUT2D eigenvalue weighted by atomic mass is 9.93. The van der Waals surface area contributed by atoms with E-state index in [0.717, 1.165) is 44.9 Å². The number of methoxy groups -OCH3 is 1. The Bertz CT molecular complexity index is 971. The number of hydrogen-bond acceptors (Lipinski definition) is 5. The highest BCUT2D eigenvalue weighted by Crippen LogP contribution is 2.33. The maximum atomic E-state index is 13.5. The number of benzene rings is 1. The number of nitrogens with zero attached hydrogens (tertiary/aromatic N) is 3. The van der Waals surface area contributed by atoms with Gasteiger partial charge in [-0.15, -0.1) is 0 Å². The second-order valence-electron chi connectivity index (χ2n) is 8.77. The molecule has 32 heavy (non-hydrogen) atoms. The van der Waals surface area contributed by atoms with E-state index in [4.69, 9.17) is 4.74 Å². The fourth-order valence-electron chi connectivity index (χ4n) is 4.81. The number of likely N-dealkylation sites (tertiary alicyclic amines) is 1. The van der Waals surface area contributed by atoms with E-state index in [9.17, 15) is 9.59 Å². The Morgan fingerprint density at radius 1 is 1.09 bits per heavy atom. The molecule has 0 radical (unpaired) electrons. The molecule has 7 heteroatoms. The molecule has 1 aromatic carbocycles. The van der Waals surface area contributed by atoms with Gasteiger partial charge in [0.25, 0.3) is 11.8 Å². The van der Waals surface area contributed by atoms with Crippen molar-refractivity contribution < 1.29 is 14.3 Å². The zero-order chi connectivity index (χ0) is 22.5. The minimum Gasteiger partial charge on any atom is -0.497 e. The first kappa shape index (κ1) is 22.2. The molecule has 4 rings (SSSR count). The number of carbonyl (C=O) groups excluding carboxylic acids is 2. The summed E-state index contributed by atoms with van der Waals surface area (Å²) in [6, 6.07) is 7.16. The Kier molecular flexibility index (Phi) is 7.02. The van der Waals surface area contributed by atoms with Crippen LogP contribution >= 0.6 is 0 Å². The molecule has 0 unspecified atom stereocenters. The molecule has 0 spiro atoms. The summed E-state index contributed by atoms with van der Waals surface area (Å²) in [6.07, 6.45) is 9.86. The number of aromatic nitrogens is 2. The summed E-state index contributed by atoms with van der Waals surface area (Å²) < 4.78 is 5.30. The van der Waals surface area contributed by atoms with E-state index in [2.05, 4.69) is 15.3 Å². The van der Waals surface area contributed by atoms with Crippen LogP contribution in [0.1, 0.15) is 89.6 Å². The van der Waals surface area contributed by atoms with Crippen LogP contribution in [0, 0.1) is 6.92 Å². The Morgan fingerprint density at radius 2 is 1.88 bits per heavy atom. The molecule has 2 aliphatic rings. The minimum atomic E-state index is -0.253. The molecule has 1 saturated carbocycles. The van der Waals surface area contributed by atoms with Crippen LogP contribution in [0.2, 0.25) is 0 Å². The van der Waals surface area contributed by atoms with Gasteiger partial charge in [0, 0.05) is 24.3 Å². The highest BCUT2D eigenvalue weighted by Gasteiger charge is 2.33. The first-order valence-electron chi connectivity index (χ1n) is 11.7. The van der Waals surface area contributed by atoms with Crippen molar-refractivity contribution in [3.05, 3.63) is 53.1 Å². The molecule has 7 nitrogen and oxygen atoms in total. The number of rotatable bonds is 5. The Hall–Kier alpha value is -2.96. The molecule has 2 heterocycles. The average molecular weight is 437 g/mol. The summed E-state index contributed by atoms with van der Waals surface area (Å²) in [6.45, 7) is 2.46. The molecular formula is C25H32N4O3. The minimum absolute atomic E-state index is 0.0662. The highest BCUT2D eigenvalue weighted by molar-refractivity contribution is 5.97. The summed E-state index contributed by atoms with van der Waals surface area (Å²) in [5.74, 6) is 1.05. The van der Waals surface area contributed by atoms with Gasteiger partial charge in [-0.2, -0.15) is 0 Å². The van der Waals surface area contributed by atoms with Crippen LogP contribution in [0.3, 0.4) is 0 Å². The number of carbonyl (C=O) groups is 2. The highest BCUT2D eigenvalue weighted by atomic mass is 16.5. The topological polar surface area (TPSA) is 84.4 Å². The molecule has 1 aliphatic heterocycles. The van der Waals surface area contributed by atoms with E-state index >= 15 is 0 Å². The second-order valence-corrected chi connectivity index (χ2v) is 8.77. The van der Waals surface area contributed by atoms with Gasteiger partial charge in [0.2, 0.25) is 0 Å². The van der Waals surface area contributed by atoms with E-state index in [1.54, 1.807) is 25.4 Å². The molecule has 2 fully saturated rings. The molecule has 1 aromatic heterocycles. The summed E-state index contributed by atoms with van der Waals surface area (Å²) >= 11 is 0. The third-order valence-corrected chi connectivity index (χ3v) is 6.52. The molecular weight excluding hydrogens is 404 g/mol. The van der Waals surface area contributed by atoms with Gasteiger partial charge in [-0.1, -0.05) is 25.3 Å². The number of aryl methyl sites for hydroxylation is 1. The normalized spacial score (nSPS) is 19.4. The van der Waals surface area contributed by atoms with Gasteiger partial charge in [-0.25, -0.2) is 9.97 Å². The molecule has 170 valence electrons. The third kappa shape index (κ3) is 4.92. The monoisotopic (exact) mass is 436 g/mol. The Morgan fingerprint density at radius 3 is 2.66 bits per heavy atom. The van der Waals surface area contributed by atoms with Crippen molar-refractivity contribution in [2.45, 2.75) is 70.4 Å². The van der Waals surface area contributed by atoms with Crippen molar-refractivity contribution in [2.75, 3.05) is 13.7 Å². The molecule has 2 amide bonds. The van der Waals surface area contributed by atoms with Crippen molar-refractivity contribution in [1.82, 2.24) is 20.2 Å². The van der Waals surface area contributed by atoms with E-state index in [1.165, 1.54) is 6.42 Å². The standard InChI is InChI=1S/C25H32N4O3/c1-17-26-16-21(24(30)28-19-10-4-3-5-11-19)23(27-17)22-13-6-7-14-29(22)25(31)18-9-8-12-20(15-18)32-2/h8-9,12,15-16,19,22H,3-7,10-11,13-14H2,1-2H3,(H,28,30)/t22-/m1/s1. The Labute approximate surface area is 189 Å². The molecule has 2 aromatic rings. The van der Waals surface area contributed by atoms with Gasteiger partial charge in [0.1, 0.15) is 11.6 Å². The first-order valence-corrected chi connectivity index (χ1v) is 11.7. The second kappa shape index (κ2) is 10.1. The van der Waals surface area contributed by atoms with E-state index in [-0.39, 0.29) is 23.9 Å². The maximum absolute atomic E-state index is 13.5. The van der Waals surface area contributed by atoms with Crippen LogP contribution in [-0.2, 0) is 0 Å². The van der Waals surface area contributed by atoms with E-state index < -0.39 is 0 Å². The molecule has 1 N–H and O–H groups in total. The van der Waals surface area contributed by atoms with Gasteiger partial charge in [0.05, 0.1) is 24.4 Å². The van der Waals surface area contributed by atoms with Crippen LogP contribution in [0.4, 0.5) is 0 Å². The fourth-order valence-corrected chi connectivity index (χ4v) is 4.81. The lowest BCUT2D eigenvalue weighted by Crippen LogP contribution is -2.41. The molecule has 0 bridgehead atoms. The van der Waals surface area contributed by atoms with Crippen LogP contribution < -0.4 is 10.1 Å². The molecule has 1 atom stereocenters. The number of amides is 2. The van der Waals surface area contributed by atoms with Gasteiger partial charge in [-0.3, -0.25) is 9.59 Å². The van der Waals surface area contributed by atoms with Gasteiger partial charge in [0.15, 0.2) is 0 Å². The fraction of sp³-hybridized carbons (Fsp3) is 0.520. The summed E-state index contributed by atoms with van der Waals surface area (Å²) in [4.78, 5) is 37.5. The smallest absolute Gasteiger partial charge is 0.255 e. The van der Waals surface area contributed by atoms with Crippen LogP contribution in [0.25, 0.3) is 0 Å². The van der Waals surface area contributed by atoms with E-state index in [1.807, 2.05) is 24.0 Å². The SMILES string of the molecule is COc1cccc(C(=O)N2CCCC[C@@H]2c2nc(C)ncc2C(=O)NC2CCCCC2)c1. The van der Waals surface area contributed by atoms with Gasteiger partial charge in [-0.05, 0) is 57.2 Å². The molecule has 1 saturated heterocycles. The number of ether oxygens (including phenoxy) is 1. The number of hydrogen-bond donors (Lipinski definition) is 1. The summed E-state index contributed by atoms with van der Waals surface area (Å²) in [7, 11) is 1.59. The van der Waals surface area contributed by atoms with Crippen LogP contribution in [-0.4, -0.2) is 46.4 Å². The summed E-state index contributed by atoms with van der Waals surface area (Å²) in [5, 5.41) is 3.19. The predicted molar refractivity (Wildman–Crippen MR) is 122 cm³/mol. The maximum Gasteiger partial charge on any atom is 0.255 e. The Balaban J connectivity index is 1.63. The zero-order valence-corrected chi connectivity index (χ0v) is 19.0. The van der Waals surface area contributed by atoms with Crippen molar-refractivity contribution in [1.29, 1.82) is 0 Å². The summed E-state index contributed by atoms with van der Waals surface area (Å²) in [5.41, 5.74) is 1.72. The van der Waals surface area contributed by atoms with Crippen LogP contribution in [0.5, 0.6) is 5.75 Å². The quantitative estimate of drug-likeness (QED) is 0.758. The lowest BCUT2D eigenvalue weighted by Gasteiger charge is -2.36. The largest absolute Gasteiger partial charge is 0.497 e. The lowest BCUT2D eigenvalue weighted by molar-refractivity contribution is 0.0600. The zero-order valence-electron chi connectivity index (χ0n) is 19.0. The number of nitrogens with one attached hydrogen (secondary N) is 1. The van der Waals surface area contributed by atoms with Gasteiger partial charge < -0.3 is 15.0 Å². The van der Waals surface area contributed by atoms with Crippen molar-refractivity contribution >= 4 is 11.8 Å².